The van der Waals surface area contributed by atoms with E-state index in [4.69, 9.17) is 9.15 Å². The number of rotatable bonds is 9. The van der Waals surface area contributed by atoms with E-state index in [-0.39, 0.29) is 18.1 Å². The summed E-state index contributed by atoms with van der Waals surface area (Å²) >= 11 is 0. The molecule has 6 heteroatoms. The highest BCUT2D eigenvalue weighted by atomic mass is 19.1. The standard InChI is InChI=1S/C21H21FN2O3/c22-17-8-10-19(11-9-17)26-13-5-4-12-23-20(25)14-18-15-27-21(24-18)16-6-2-1-3-7-16/h1-3,6-11,15H,4-5,12-14H2,(H,23,25). The van der Waals surface area contributed by atoms with Gasteiger partial charge in [-0.1, -0.05) is 18.2 Å². The van der Waals surface area contributed by atoms with Gasteiger partial charge < -0.3 is 14.5 Å². The molecule has 0 saturated heterocycles. The highest BCUT2D eigenvalue weighted by Crippen LogP contribution is 2.18. The first-order chi connectivity index (χ1) is 13.2. The summed E-state index contributed by atoms with van der Waals surface area (Å²) in [5.41, 5.74) is 1.48. The summed E-state index contributed by atoms with van der Waals surface area (Å²) in [6.07, 6.45) is 3.28. The van der Waals surface area contributed by atoms with Crippen molar-refractivity contribution in [1.29, 1.82) is 0 Å². The Morgan fingerprint density at radius 1 is 1.07 bits per heavy atom. The highest BCUT2D eigenvalue weighted by molar-refractivity contribution is 5.78. The molecule has 0 bridgehead atoms. The Balaban J connectivity index is 1.32. The summed E-state index contributed by atoms with van der Waals surface area (Å²) in [5, 5.41) is 2.86. The summed E-state index contributed by atoms with van der Waals surface area (Å²) < 4.78 is 23.7. The van der Waals surface area contributed by atoms with Gasteiger partial charge in [-0.05, 0) is 49.2 Å². The molecule has 3 aromatic rings. The van der Waals surface area contributed by atoms with Gasteiger partial charge in [-0.3, -0.25) is 4.79 Å². The summed E-state index contributed by atoms with van der Waals surface area (Å²) in [6.45, 7) is 1.08. The molecule has 140 valence electrons. The molecule has 0 atom stereocenters. The third-order valence-electron chi connectivity index (χ3n) is 3.89. The van der Waals surface area contributed by atoms with Crippen LogP contribution >= 0.6 is 0 Å². The van der Waals surface area contributed by atoms with Crippen LogP contribution in [0.1, 0.15) is 18.5 Å². The predicted molar refractivity (Wildman–Crippen MR) is 99.8 cm³/mol. The molecule has 0 unspecified atom stereocenters. The van der Waals surface area contributed by atoms with Gasteiger partial charge in [0.1, 0.15) is 17.8 Å². The van der Waals surface area contributed by atoms with E-state index in [0.717, 1.165) is 18.4 Å². The van der Waals surface area contributed by atoms with Crippen LogP contribution in [-0.4, -0.2) is 24.0 Å². The van der Waals surface area contributed by atoms with E-state index in [1.807, 2.05) is 30.3 Å². The minimum absolute atomic E-state index is 0.0950. The van der Waals surface area contributed by atoms with Crippen molar-refractivity contribution in [2.45, 2.75) is 19.3 Å². The summed E-state index contributed by atoms with van der Waals surface area (Å²) in [4.78, 5) is 16.3. The fraction of sp³-hybridized carbons (Fsp3) is 0.238. The van der Waals surface area contributed by atoms with Gasteiger partial charge in [-0.25, -0.2) is 9.37 Å². The van der Waals surface area contributed by atoms with Crippen LogP contribution in [0.15, 0.2) is 65.3 Å². The van der Waals surface area contributed by atoms with Gasteiger partial charge in [-0.15, -0.1) is 0 Å². The number of carbonyl (C=O) groups excluding carboxylic acids is 1. The van der Waals surface area contributed by atoms with Crippen molar-refractivity contribution in [3.8, 4) is 17.2 Å². The van der Waals surface area contributed by atoms with E-state index < -0.39 is 0 Å². The smallest absolute Gasteiger partial charge is 0.226 e. The normalized spacial score (nSPS) is 10.6. The number of oxazole rings is 1. The molecule has 3 rings (SSSR count). The quantitative estimate of drug-likeness (QED) is 0.580. The molecule has 0 spiro atoms. The molecule has 1 N–H and O–H groups in total. The maximum Gasteiger partial charge on any atom is 0.226 e. The number of ether oxygens (including phenoxy) is 1. The first kappa shape index (κ1) is 18.6. The van der Waals surface area contributed by atoms with Crippen LogP contribution in [0.5, 0.6) is 5.75 Å². The van der Waals surface area contributed by atoms with E-state index in [9.17, 15) is 9.18 Å². The fourth-order valence-electron chi connectivity index (χ4n) is 2.50. The van der Waals surface area contributed by atoms with Crippen LogP contribution in [0, 0.1) is 5.82 Å². The number of aromatic nitrogens is 1. The average molecular weight is 368 g/mol. The molecule has 27 heavy (non-hydrogen) atoms. The Bertz CT molecular complexity index is 847. The molecule has 5 nitrogen and oxygen atoms in total. The number of unbranched alkanes of at least 4 members (excludes halogenated alkanes) is 1. The third-order valence-corrected chi connectivity index (χ3v) is 3.89. The fourth-order valence-corrected chi connectivity index (χ4v) is 2.50. The van der Waals surface area contributed by atoms with Gasteiger partial charge >= 0.3 is 0 Å². The minimum Gasteiger partial charge on any atom is -0.494 e. The number of benzene rings is 2. The molecular weight excluding hydrogens is 347 g/mol. The monoisotopic (exact) mass is 368 g/mol. The largest absolute Gasteiger partial charge is 0.494 e. The lowest BCUT2D eigenvalue weighted by Crippen LogP contribution is -2.26. The number of amides is 1. The van der Waals surface area contributed by atoms with E-state index in [2.05, 4.69) is 10.3 Å². The number of nitrogens with one attached hydrogen (secondary N) is 1. The lowest BCUT2D eigenvalue weighted by molar-refractivity contribution is -0.120. The Morgan fingerprint density at radius 2 is 1.85 bits per heavy atom. The zero-order chi connectivity index (χ0) is 18.9. The number of carbonyl (C=O) groups is 1. The highest BCUT2D eigenvalue weighted by Gasteiger charge is 2.10. The van der Waals surface area contributed by atoms with Gasteiger partial charge in [0.15, 0.2) is 0 Å². The Morgan fingerprint density at radius 3 is 2.63 bits per heavy atom. The summed E-state index contributed by atoms with van der Waals surface area (Å²) in [6, 6.07) is 15.5. The topological polar surface area (TPSA) is 64.4 Å². The Labute approximate surface area is 157 Å². The molecule has 2 aromatic carbocycles. The van der Waals surface area contributed by atoms with Crippen molar-refractivity contribution in [1.82, 2.24) is 10.3 Å². The van der Waals surface area contributed by atoms with Crippen LogP contribution in [0.25, 0.3) is 11.5 Å². The van der Waals surface area contributed by atoms with E-state index >= 15 is 0 Å². The molecule has 0 radical (unpaired) electrons. The Hall–Kier alpha value is -3.15. The van der Waals surface area contributed by atoms with Crippen molar-refractivity contribution in [3.05, 3.63) is 72.4 Å². The van der Waals surface area contributed by atoms with Crippen LogP contribution in [0.2, 0.25) is 0 Å². The summed E-state index contributed by atoms with van der Waals surface area (Å²) in [7, 11) is 0. The van der Waals surface area contributed by atoms with Crippen molar-refractivity contribution in [3.63, 3.8) is 0 Å². The molecule has 1 amide bonds. The lowest BCUT2D eigenvalue weighted by atomic mass is 10.2. The third kappa shape index (κ3) is 5.95. The SMILES string of the molecule is O=C(Cc1coc(-c2ccccc2)n1)NCCCCOc1ccc(F)cc1. The molecular formula is C21H21FN2O3. The molecule has 0 aliphatic carbocycles. The van der Waals surface area contributed by atoms with E-state index in [0.29, 0.717) is 30.5 Å². The molecule has 0 fully saturated rings. The number of hydrogen-bond donors (Lipinski definition) is 1. The second-order valence-corrected chi connectivity index (χ2v) is 6.05. The van der Waals surface area contributed by atoms with Crippen LogP contribution < -0.4 is 10.1 Å². The molecule has 0 aliphatic rings. The van der Waals surface area contributed by atoms with Gasteiger partial charge in [0, 0.05) is 12.1 Å². The van der Waals surface area contributed by atoms with Gasteiger partial charge in [0.2, 0.25) is 11.8 Å². The van der Waals surface area contributed by atoms with Crippen molar-refractivity contribution in [2.24, 2.45) is 0 Å². The van der Waals surface area contributed by atoms with Crippen LogP contribution in [-0.2, 0) is 11.2 Å². The van der Waals surface area contributed by atoms with Crippen molar-refractivity contribution >= 4 is 5.91 Å². The van der Waals surface area contributed by atoms with Crippen LogP contribution in [0.4, 0.5) is 4.39 Å². The zero-order valence-electron chi connectivity index (χ0n) is 14.9. The van der Waals surface area contributed by atoms with Gasteiger partial charge in [0.25, 0.3) is 0 Å². The second-order valence-electron chi connectivity index (χ2n) is 6.05. The molecule has 0 saturated carbocycles. The predicted octanol–water partition coefficient (Wildman–Crippen LogP) is 4.00. The zero-order valence-corrected chi connectivity index (χ0v) is 14.9. The number of hydrogen-bond acceptors (Lipinski definition) is 4. The maximum atomic E-state index is 12.8. The van der Waals surface area contributed by atoms with Gasteiger partial charge in [-0.2, -0.15) is 0 Å². The van der Waals surface area contributed by atoms with E-state index in [1.54, 1.807) is 12.1 Å². The van der Waals surface area contributed by atoms with Crippen LogP contribution in [0.3, 0.4) is 0 Å². The first-order valence-electron chi connectivity index (χ1n) is 8.85. The number of halogens is 1. The molecule has 0 aliphatic heterocycles. The maximum absolute atomic E-state index is 12.8. The lowest BCUT2D eigenvalue weighted by Gasteiger charge is -2.06. The summed E-state index contributed by atoms with van der Waals surface area (Å²) in [5.74, 6) is 0.771. The van der Waals surface area contributed by atoms with Crippen molar-refractivity contribution in [2.75, 3.05) is 13.2 Å². The van der Waals surface area contributed by atoms with Crippen molar-refractivity contribution < 1.29 is 18.3 Å². The van der Waals surface area contributed by atoms with E-state index in [1.165, 1.54) is 18.4 Å². The number of nitrogens with zero attached hydrogens (tertiary/aromatic N) is 1. The molecule has 1 aromatic heterocycles. The molecule has 1 heterocycles. The average Bonchev–Trinajstić information content (AvgIpc) is 3.15. The minimum atomic E-state index is -0.284. The second kappa shape index (κ2) is 9.52. The van der Waals surface area contributed by atoms with Gasteiger partial charge in [0.05, 0.1) is 18.7 Å². The Kier molecular flexibility index (Phi) is 6.57. The first-order valence-corrected chi connectivity index (χ1v) is 8.85.